The quantitative estimate of drug-likeness (QED) is 0.864. The monoisotopic (exact) mass is 319 g/mol. The van der Waals surface area contributed by atoms with Gasteiger partial charge in [0.15, 0.2) is 0 Å². The van der Waals surface area contributed by atoms with Crippen LogP contribution < -0.4 is 0 Å². The fourth-order valence-corrected chi connectivity index (χ4v) is 4.09. The lowest BCUT2D eigenvalue weighted by Gasteiger charge is -2.27. The fraction of sp³-hybridized carbons (Fsp3) is 0.364. The van der Waals surface area contributed by atoms with Gasteiger partial charge >= 0.3 is 0 Å². The zero-order valence-electron chi connectivity index (χ0n) is 14.4. The number of benzene rings is 2. The first-order valence-electron chi connectivity index (χ1n) is 8.98. The predicted octanol–water partition coefficient (Wildman–Crippen LogP) is 3.81. The van der Waals surface area contributed by atoms with Gasteiger partial charge in [-0.2, -0.15) is 0 Å². The van der Waals surface area contributed by atoms with Crippen molar-refractivity contribution in [1.82, 2.24) is 4.90 Å². The number of fused-ring (bicyclic) bond motifs is 2. The van der Waals surface area contributed by atoms with Crippen LogP contribution in [0.1, 0.15) is 40.7 Å². The standard InChI is InChI=1S/C22H25NO/c1-23-12-10-19(11-13-23)22-20-5-3-2-4-17(20)8-9-18-7-6-16(15-24)14-21(18)22/h2-7,14,24H,8-13,15H2,1H3. The van der Waals surface area contributed by atoms with Crippen LogP contribution in [0.2, 0.25) is 0 Å². The number of likely N-dealkylation sites (tertiary alicyclic amines) is 1. The lowest BCUT2D eigenvalue weighted by Crippen LogP contribution is -2.27. The van der Waals surface area contributed by atoms with E-state index in [9.17, 15) is 5.11 Å². The van der Waals surface area contributed by atoms with E-state index in [2.05, 4.69) is 54.4 Å². The highest BCUT2D eigenvalue weighted by Crippen LogP contribution is 2.38. The maximum absolute atomic E-state index is 9.61. The smallest absolute Gasteiger partial charge is 0.0682 e. The van der Waals surface area contributed by atoms with Gasteiger partial charge in [-0.1, -0.05) is 42.0 Å². The number of rotatable bonds is 1. The van der Waals surface area contributed by atoms with Crippen LogP contribution in [0.4, 0.5) is 0 Å². The van der Waals surface area contributed by atoms with E-state index in [1.54, 1.807) is 5.57 Å². The van der Waals surface area contributed by atoms with Crippen LogP contribution >= 0.6 is 0 Å². The molecule has 1 aliphatic carbocycles. The minimum atomic E-state index is 0.111. The van der Waals surface area contributed by atoms with Crippen molar-refractivity contribution < 1.29 is 5.11 Å². The Kier molecular flexibility index (Phi) is 4.26. The van der Waals surface area contributed by atoms with Crippen molar-refractivity contribution >= 4 is 5.57 Å². The minimum absolute atomic E-state index is 0.111. The van der Waals surface area contributed by atoms with E-state index >= 15 is 0 Å². The lowest BCUT2D eigenvalue weighted by atomic mass is 9.86. The Morgan fingerprint density at radius 3 is 2.33 bits per heavy atom. The van der Waals surface area contributed by atoms with Gasteiger partial charge in [0.2, 0.25) is 0 Å². The second kappa shape index (κ2) is 6.54. The van der Waals surface area contributed by atoms with Crippen LogP contribution in [-0.4, -0.2) is 30.1 Å². The Bertz CT molecular complexity index is 780. The summed E-state index contributed by atoms with van der Waals surface area (Å²) in [4.78, 5) is 2.41. The van der Waals surface area contributed by atoms with Crippen LogP contribution in [0.15, 0.2) is 48.0 Å². The Balaban J connectivity index is 1.94. The summed E-state index contributed by atoms with van der Waals surface area (Å²) in [6, 6.07) is 15.4. The summed E-state index contributed by atoms with van der Waals surface area (Å²) in [6.45, 7) is 2.38. The first-order chi connectivity index (χ1) is 11.8. The summed E-state index contributed by atoms with van der Waals surface area (Å²) in [5.74, 6) is 0. The van der Waals surface area contributed by atoms with E-state index in [4.69, 9.17) is 0 Å². The molecule has 0 amide bonds. The van der Waals surface area contributed by atoms with Gasteiger partial charge < -0.3 is 10.0 Å². The highest BCUT2D eigenvalue weighted by molar-refractivity contribution is 5.86. The zero-order valence-corrected chi connectivity index (χ0v) is 14.4. The molecule has 2 aliphatic rings. The van der Waals surface area contributed by atoms with Gasteiger partial charge in [-0.3, -0.25) is 0 Å². The largest absolute Gasteiger partial charge is 0.392 e. The van der Waals surface area contributed by atoms with Crippen molar-refractivity contribution in [3.05, 3.63) is 75.9 Å². The van der Waals surface area contributed by atoms with Crippen LogP contribution in [-0.2, 0) is 19.4 Å². The van der Waals surface area contributed by atoms with Gasteiger partial charge in [0, 0.05) is 13.1 Å². The lowest BCUT2D eigenvalue weighted by molar-refractivity contribution is 0.282. The summed E-state index contributed by atoms with van der Waals surface area (Å²) in [6.07, 6.45) is 4.46. The molecule has 1 fully saturated rings. The summed E-state index contributed by atoms with van der Waals surface area (Å²) < 4.78 is 0. The molecule has 1 heterocycles. The molecule has 4 rings (SSSR count). The molecule has 0 bridgehead atoms. The summed E-state index contributed by atoms with van der Waals surface area (Å²) in [5, 5.41) is 9.61. The molecule has 0 unspecified atom stereocenters. The fourth-order valence-electron chi connectivity index (χ4n) is 4.09. The molecule has 2 nitrogen and oxygen atoms in total. The molecular formula is C22H25NO. The molecule has 0 radical (unpaired) electrons. The van der Waals surface area contributed by atoms with Gasteiger partial charge in [0.25, 0.3) is 0 Å². The number of nitrogens with zero attached hydrogens (tertiary/aromatic N) is 1. The Labute approximate surface area is 144 Å². The summed E-state index contributed by atoms with van der Waals surface area (Å²) in [7, 11) is 2.21. The SMILES string of the molecule is CN1CCC(=C2c3ccccc3CCc3ccc(CO)cc32)CC1. The third-order valence-electron chi connectivity index (χ3n) is 5.52. The molecule has 124 valence electrons. The van der Waals surface area contributed by atoms with Crippen molar-refractivity contribution in [1.29, 1.82) is 0 Å². The van der Waals surface area contributed by atoms with Crippen LogP contribution in [0.25, 0.3) is 5.57 Å². The number of aryl methyl sites for hydroxylation is 2. The number of hydrogen-bond donors (Lipinski definition) is 1. The average Bonchev–Trinajstić information content (AvgIpc) is 2.79. The van der Waals surface area contributed by atoms with Gasteiger partial charge in [-0.25, -0.2) is 0 Å². The maximum atomic E-state index is 9.61. The average molecular weight is 319 g/mol. The number of aliphatic hydroxyl groups excluding tert-OH is 1. The molecule has 0 saturated carbocycles. The molecule has 1 N–H and O–H groups in total. The van der Waals surface area contributed by atoms with E-state index in [0.717, 1.165) is 44.3 Å². The molecule has 2 aromatic carbocycles. The van der Waals surface area contributed by atoms with Gasteiger partial charge in [-0.05, 0) is 72.2 Å². The molecule has 1 saturated heterocycles. The Morgan fingerprint density at radius 1 is 0.875 bits per heavy atom. The van der Waals surface area contributed by atoms with Crippen LogP contribution in [0.5, 0.6) is 0 Å². The third kappa shape index (κ3) is 2.81. The molecule has 2 aromatic rings. The van der Waals surface area contributed by atoms with Crippen molar-refractivity contribution in [3.8, 4) is 0 Å². The summed E-state index contributed by atoms with van der Waals surface area (Å²) in [5.41, 5.74) is 9.68. The molecule has 2 heteroatoms. The van der Waals surface area contributed by atoms with Gasteiger partial charge in [-0.15, -0.1) is 0 Å². The van der Waals surface area contributed by atoms with Crippen molar-refractivity contribution in [2.24, 2.45) is 0 Å². The molecule has 24 heavy (non-hydrogen) atoms. The molecule has 1 aliphatic heterocycles. The van der Waals surface area contributed by atoms with E-state index < -0.39 is 0 Å². The predicted molar refractivity (Wildman–Crippen MR) is 99.0 cm³/mol. The van der Waals surface area contributed by atoms with Crippen molar-refractivity contribution in [2.45, 2.75) is 32.3 Å². The maximum Gasteiger partial charge on any atom is 0.0682 e. The van der Waals surface area contributed by atoms with Crippen molar-refractivity contribution in [2.75, 3.05) is 20.1 Å². The first kappa shape index (κ1) is 15.6. The summed E-state index contributed by atoms with van der Waals surface area (Å²) >= 11 is 0. The van der Waals surface area contributed by atoms with Crippen LogP contribution in [0, 0.1) is 0 Å². The minimum Gasteiger partial charge on any atom is -0.392 e. The first-order valence-corrected chi connectivity index (χ1v) is 8.98. The van der Waals surface area contributed by atoms with E-state index in [1.807, 2.05) is 0 Å². The normalized spacial score (nSPS) is 18.1. The van der Waals surface area contributed by atoms with Crippen molar-refractivity contribution in [3.63, 3.8) is 0 Å². The highest BCUT2D eigenvalue weighted by atomic mass is 16.3. The second-order valence-corrected chi connectivity index (χ2v) is 7.09. The molecular weight excluding hydrogens is 294 g/mol. The van der Waals surface area contributed by atoms with Crippen LogP contribution in [0.3, 0.4) is 0 Å². The molecule has 0 spiro atoms. The van der Waals surface area contributed by atoms with E-state index in [0.29, 0.717) is 0 Å². The molecule has 0 atom stereocenters. The highest BCUT2D eigenvalue weighted by Gasteiger charge is 2.23. The Hall–Kier alpha value is -1.90. The van der Waals surface area contributed by atoms with Gasteiger partial charge in [0.1, 0.15) is 0 Å². The number of aliphatic hydroxyl groups is 1. The van der Waals surface area contributed by atoms with E-state index in [1.165, 1.54) is 27.8 Å². The van der Waals surface area contributed by atoms with Gasteiger partial charge in [0.05, 0.1) is 6.61 Å². The van der Waals surface area contributed by atoms with E-state index in [-0.39, 0.29) is 6.61 Å². The second-order valence-electron chi connectivity index (χ2n) is 7.09. The third-order valence-corrected chi connectivity index (χ3v) is 5.52. The number of piperidine rings is 1. The Morgan fingerprint density at radius 2 is 1.58 bits per heavy atom. The topological polar surface area (TPSA) is 23.5 Å². The zero-order chi connectivity index (χ0) is 16.5. The molecule has 0 aromatic heterocycles. The number of hydrogen-bond acceptors (Lipinski definition) is 2.